The third-order valence-corrected chi connectivity index (χ3v) is 5.47. The van der Waals surface area contributed by atoms with Gasteiger partial charge in [-0.25, -0.2) is 0 Å². The van der Waals surface area contributed by atoms with E-state index in [1.807, 2.05) is 24.3 Å². The van der Waals surface area contributed by atoms with Gasteiger partial charge in [0.15, 0.2) is 0 Å². The Hall–Kier alpha value is -2.08. The van der Waals surface area contributed by atoms with Gasteiger partial charge in [-0.15, -0.1) is 0 Å². The number of carbonyl (C=O) groups is 2. The smallest absolute Gasteiger partial charge is 0.249 e. The molecule has 134 valence electrons. The van der Waals surface area contributed by atoms with E-state index in [4.69, 9.17) is 9.47 Å². The number of nitrogens with zero attached hydrogens (tertiary/aromatic N) is 1. The Morgan fingerprint density at radius 3 is 2.88 bits per heavy atom. The van der Waals surface area contributed by atoms with Gasteiger partial charge in [-0.05, 0) is 31.7 Å². The van der Waals surface area contributed by atoms with Crippen molar-refractivity contribution in [2.45, 2.75) is 43.7 Å². The lowest BCUT2D eigenvalue weighted by Crippen LogP contribution is -2.49. The lowest BCUT2D eigenvalue weighted by atomic mass is 9.86. The Morgan fingerprint density at radius 1 is 1.28 bits per heavy atom. The van der Waals surface area contributed by atoms with Gasteiger partial charge >= 0.3 is 0 Å². The molecule has 2 amide bonds. The number of benzene rings is 1. The van der Waals surface area contributed by atoms with Gasteiger partial charge in [0.25, 0.3) is 0 Å². The summed E-state index contributed by atoms with van der Waals surface area (Å²) in [5.74, 6) is 0.634. The molecule has 1 aromatic rings. The lowest BCUT2D eigenvalue weighted by molar-refractivity contribution is -0.146. The number of amides is 2. The number of rotatable bonds is 3. The SMILES string of the molecule is O=C(CN1CCOCC1=O)NC1CC2(CCCC2)Oc2ccccc21. The topological polar surface area (TPSA) is 67.9 Å². The zero-order chi connectivity index (χ0) is 17.3. The molecule has 2 aliphatic heterocycles. The molecule has 1 N–H and O–H groups in total. The van der Waals surface area contributed by atoms with Crippen molar-refractivity contribution in [3.05, 3.63) is 29.8 Å². The van der Waals surface area contributed by atoms with Crippen LogP contribution in [0.5, 0.6) is 5.75 Å². The fourth-order valence-corrected chi connectivity index (χ4v) is 4.20. The van der Waals surface area contributed by atoms with Crippen LogP contribution in [0.4, 0.5) is 0 Å². The largest absolute Gasteiger partial charge is 0.487 e. The Bertz CT molecular complexity index is 669. The predicted molar refractivity (Wildman–Crippen MR) is 91.2 cm³/mol. The summed E-state index contributed by atoms with van der Waals surface area (Å²) in [4.78, 5) is 25.9. The van der Waals surface area contributed by atoms with E-state index in [1.54, 1.807) is 4.90 Å². The number of hydrogen-bond donors (Lipinski definition) is 1. The second-order valence-electron chi connectivity index (χ2n) is 7.22. The molecule has 25 heavy (non-hydrogen) atoms. The molecule has 2 heterocycles. The maximum Gasteiger partial charge on any atom is 0.249 e. The zero-order valence-corrected chi connectivity index (χ0v) is 14.3. The first-order valence-electron chi connectivity index (χ1n) is 9.08. The fourth-order valence-electron chi connectivity index (χ4n) is 4.20. The monoisotopic (exact) mass is 344 g/mol. The molecule has 4 rings (SSSR count). The van der Waals surface area contributed by atoms with Crippen molar-refractivity contribution in [1.29, 1.82) is 0 Å². The third-order valence-electron chi connectivity index (χ3n) is 5.47. The van der Waals surface area contributed by atoms with Crippen molar-refractivity contribution in [1.82, 2.24) is 10.2 Å². The number of fused-ring (bicyclic) bond motifs is 1. The maximum atomic E-state index is 12.6. The lowest BCUT2D eigenvalue weighted by Gasteiger charge is -2.40. The van der Waals surface area contributed by atoms with Crippen molar-refractivity contribution in [2.75, 3.05) is 26.3 Å². The van der Waals surface area contributed by atoms with Gasteiger partial charge in [-0.1, -0.05) is 18.2 Å². The molecule has 1 spiro atoms. The molecule has 0 bridgehead atoms. The van der Waals surface area contributed by atoms with Crippen LogP contribution in [0.25, 0.3) is 0 Å². The highest BCUT2D eigenvalue weighted by Gasteiger charge is 2.43. The quantitative estimate of drug-likeness (QED) is 0.908. The first-order valence-corrected chi connectivity index (χ1v) is 9.08. The van der Waals surface area contributed by atoms with Gasteiger partial charge < -0.3 is 19.7 Å². The first-order chi connectivity index (χ1) is 12.2. The number of nitrogens with one attached hydrogen (secondary N) is 1. The summed E-state index contributed by atoms with van der Waals surface area (Å²) in [6.07, 6.45) is 5.22. The minimum atomic E-state index is -0.152. The summed E-state index contributed by atoms with van der Waals surface area (Å²) in [5, 5.41) is 3.14. The maximum absolute atomic E-state index is 12.6. The van der Waals surface area contributed by atoms with Gasteiger partial charge in [0.2, 0.25) is 11.8 Å². The van der Waals surface area contributed by atoms with Crippen LogP contribution in [0.3, 0.4) is 0 Å². The van der Waals surface area contributed by atoms with Gasteiger partial charge in [-0.3, -0.25) is 9.59 Å². The molecule has 1 aromatic carbocycles. The standard InChI is InChI=1S/C19H24N2O4/c22-17(12-21-9-10-24-13-18(21)23)20-15-11-19(7-3-4-8-19)25-16-6-2-1-5-14(15)16/h1-2,5-6,15H,3-4,7-13H2,(H,20,22). The first kappa shape index (κ1) is 16.4. The Kier molecular flexibility index (Phi) is 4.37. The number of morpholine rings is 1. The van der Waals surface area contributed by atoms with Crippen LogP contribution in [0.15, 0.2) is 24.3 Å². The third kappa shape index (κ3) is 3.35. The average molecular weight is 344 g/mol. The van der Waals surface area contributed by atoms with Crippen molar-refractivity contribution < 1.29 is 19.1 Å². The van der Waals surface area contributed by atoms with Gasteiger partial charge in [0, 0.05) is 18.5 Å². The molecule has 1 saturated heterocycles. The Morgan fingerprint density at radius 2 is 2.08 bits per heavy atom. The van der Waals surface area contributed by atoms with Crippen LogP contribution in [0.2, 0.25) is 0 Å². The normalized spacial score (nSPS) is 24.7. The Balaban J connectivity index is 1.48. The Labute approximate surface area is 147 Å². The molecular weight excluding hydrogens is 320 g/mol. The molecule has 0 radical (unpaired) electrons. The minimum absolute atomic E-state index is 0.0632. The van der Waals surface area contributed by atoms with Crippen molar-refractivity contribution >= 4 is 11.8 Å². The van der Waals surface area contributed by atoms with Crippen LogP contribution in [-0.2, 0) is 14.3 Å². The van der Waals surface area contributed by atoms with E-state index in [0.29, 0.717) is 13.2 Å². The molecule has 0 aromatic heterocycles. The van der Waals surface area contributed by atoms with E-state index >= 15 is 0 Å². The summed E-state index contributed by atoms with van der Waals surface area (Å²) in [7, 11) is 0. The predicted octanol–water partition coefficient (Wildman–Crippen LogP) is 1.80. The van der Waals surface area contributed by atoms with Crippen LogP contribution in [-0.4, -0.2) is 48.6 Å². The molecule has 2 fully saturated rings. The molecule has 6 nitrogen and oxygen atoms in total. The van der Waals surface area contributed by atoms with E-state index in [9.17, 15) is 9.59 Å². The van der Waals surface area contributed by atoms with E-state index < -0.39 is 0 Å². The number of carbonyl (C=O) groups excluding carboxylic acids is 2. The summed E-state index contributed by atoms with van der Waals surface area (Å²) in [6.45, 7) is 1.12. The average Bonchev–Trinajstić information content (AvgIpc) is 3.04. The van der Waals surface area contributed by atoms with E-state index in [2.05, 4.69) is 5.32 Å². The molecule has 1 aliphatic carbocycles. The summed E-state index contributed by atoms with van der Waals surface area (Å²) >= 11 is 0. The summed E-state index contributed by atoms with van der Waals surface area (Å²) in [5.41, 5.74) is 0.878. The highest BCUT2D eigenvalue weighted by atomic mass is 16.5. The molecular formula is C19H24N2O4. The summed E-state index contributed by atoms with van der Waals surface area (Å²) in [6, 6.07) is 7.88. The second-order valence-corrected chi connectivity index (χ2v) is 7.22. The van der Waals surface area contributed by atoms with Crippen LogP contribution >= 0.6 is 0 Å². The van der Waals surface area contributed by atoms with Crippen LogP contribution in [0, 0.1) is 0 Å². The van der Waals surface area contributed by atoms with Crippen LogP contribution in [0.1, 0.15) is 43.7 Å². The number of para-hydroxylation sites is 1. The molecule has 1 atom stereocenters. The van der Waals surface area contributed by atoms with Crippen molar-refractivity contribution in [3.63, 3.8) is 0 Å². The zero-order valence-electron chi connectivity index (χ0n) is 14.3. The molecule has 6 heteroatoms. The molecule has 1 saturated carbocycles. The highest BCUT2D eigenvalue weighted by molar-refractivity contribution is 5.86. The van der Waals surface area contributed by atoms with E-state index in [1.165, 1.54) is 12.8 Å². The van der Waals surface area contributed by atoms with Gasteiger partial charge in [0.1, 0.15) is 18.0 Å². The van der Waals surface area contributed by atoms with Crippen molar-refractivity contribution in [3.8, 4) is 5.75 Å². The summed E-state index contributed by atoms with van der Waals surface area (Å²) < 4.78 is 11.4. The second kappa shape index (κ2) is 6.67. The molecule has 1 unspecified atom stereocenters. The number of ether oxygens (including phenoxy) is 2. The van der Waals surface area contributed by atoms with E-state index in [0.717, 1.165) is 30.6 Å². The van der Waals surface area contributed by atoms with Gasteiger partial charge in [0.05, 0.1) is 19.2 Å². The minimum Gasteiger partial charge on any atom is -0.487 e. The van der Waals surface area contributed by atoms with Gasteiger partial charge in [-0.2, -0.15) is 0 Å². The van der Waals surface area contributed by atoms with Crippen molar-refractivity contribution in [2.24, 2.45) is 0 Å². The fraction of sp³-hybridized carbons (Fsp3) is 0.579. The van der Waals surface area contributed by atoms with Crippen LogP contribution < -0.4 is 10.1 Å². The van der Waals surface area contributed by atoms with E-state index in [-0.39, 0.29) is 36.6 Å². The highest BCUT2D eigenvalue weighted by Crippen LogP contribution is 2.46. The molecule has 3 aliphatic rings. The number of hydrogen-bond acceptors (Lipinski definition) is 4.